The molecule has 2 aromatic carbocycles. The number of hydrogen-bond acceptors (Lipinski definition) is 6. The predicted octanol–water partition coefficient (Wildman–Crippen LogP) is 4.16. The number of nitrogens with one attached hydrogen (secondary N) is 2. The lowest BCUT2D eigenvalue weighted by Crippen LogP contribution is -2.22. The molecule has 0 spiro atoms. The van der Waals surface area contributed by atoms with Crippen molar-refractivity contribution < 1.29 is 17.9 Å². The second kappa shape index (κ2) is 9.60. The number of benzene rings is 2. The number of halogens is 1. The summed E-state index contributed by atoms with van der Waals surface area (Å²) in [5, 5.41) is 10.5. The van der Waals surface area contributed by atoms with Gasteiger partial charge >= 0.3 is 0 Å². The molecule has 33 heavy (non-hydrogen) atoms. The third-order valence-corrected chi connectivity index (χ3v) is 6.92. The van der Waals surface area contributed by atoms with E-state index in [-0.39, 0.29) is 28.0 Å². The maximum Gasteiger partial charge on any atom is 0.253 e. The minimum atomic E-state index is -3.84. The van der Waals surface area contributed by atoms with Crippen molar-refractivity contribution in [3.63, 3.8) is 0 Å². The predicted molar refractivity (Wildman–Crippen MR) is 124 cm³/mol. The third kappa shape index (κ3) is 4.99. The maximum absolute atomic E-state index is 13.2. The third-order valence-electron chi connectivity index (χ3n) is 4.90. The van der Waals surface area contributed by atoms with Gasteiger partial charge < -0.3 is 10.1 Å². The van der Waals surface area contributed by atoms with E-state index >= 15 is 0 Å². The molecule has 0 aliphatic carbocycles. The molecule has 2 heterocycles. The molecule has 10 heteroatoms. The maximum atomic E-state index is 13.2. The van der Waals surface area contributed by atoms with Gasteiger partial charge in [-0.25, -0.2) is 13.4 Å². The Morgan fingerprint density at radius 2 is 1.91 bits per heavy atom. The number of hydrogen-bond donors (Lipinski definition) is 2. The number of fused-ring (bicyclic) bond motifs is 1. The number of carbonyl (C=O) groups is 1. The molecular weight excluding hydrogens is 464 g/mol. The number of ether oxygens (including phenoxy) is 1. The van der Waals surface area contributed by atoms with E-state index in [0.717, 1.165) is 17.4 Å². The Morgan fingerprint density at radius 1 is 1.12 bits per heavy atom. The second-order valence-electron chi connectivity index (χ2n) is 7.30. The van der Waals surface area contributed by atoms with Gasteiger partial charge in [0.05, 0.1) is 23.3 Å². The van der Waals surface area contributed by atoms with Crippen LogP contribution in [0.25, 0.3) is 11.0 Å². The highest BCUT2D eigenvalue weighted by molar-refractivity contribution is 7.91. The van der Waals surface area contributed by atoms with Crippen molar-refractivity contribution in [2.75, 3.05) is 6.61 Å². The molecule has 0 saturated carbocycles. The van der Waals surface area contributed by atoms with Crippen LogP contribution < -0.4 is 10.1 Å². The Hall–Kier alpha value is -3.43. The topological polar surface area (TPSA) is 114 Å². The molecule has 0 unspecified atom stereocenters. The molecule has 2 N–H and O–H groups in total. The molecule has 0 fully saturated rings. The van der Waals surface area contributed by atoms with Crippen molar-refractivity contribution in [1.29, 1.82) is 0 Å². The summed E-state index contributed by atoms with van der Waals surface area (Å²) in [6.45, 7) is 2.56. The minimum Gasteiger partial charge on any atom is -0.492 e. The highest BCUT2D eigenvalue weighted by Gasteiger charge is 2.23. The van der Waals surface area contributed by atoms with E-state index < -0.39 is 9.84 Å². The van der Waals surface area contributed by atoms with Crippen molar-refractivity contribution in [3.05, 3.63) is 77.1 Å². The molecule has 1 amide bonds. The molecule has 0 radical (unpaired) electrons. The van der Waals surface area contributed by atoms with E-state index in [4.69, 9.17) is 16.3 Å². The SMILES string of the molecule is CCCOc1ccc(Cl)cc1S(=O)(=O)c1ccc(CNC(=O)c2cnc3[nH]ncc3c2)cc1. The zero-order valence-corrected chi connectivity index (χ0v) is 19.3. The summed E-state index contributed by atoms with van der Waals surface area (Å²) < 4.78 is 32.0. The first-order chi connectivity index (χ1) is 15.9. The Kier molecular flexibility index (Phi) is 6.62. The van der Waals surface area contributed by atoms with Gasteiger partial charge in [0.25, 0.3) is 5.91 Å². The Morgan fingerprint density at radius 3 is 2.67 bits per heavy atom. The highest BCUT2D eigenvalue weighted by atomic mass is 35.5. The van der Waals surface area contributed by atoms with E-state index in [2.05, 4.69) is 20.5 Å². The lowest BCUT2D eigenvalue weighted by molar-refractivity contribution is 0.0950. The van der Waals surface area contributed by atoms with Crippen LogP contribution in [0.2, 0.25) is 5.02 Å². The first-order valence-corrected chi connectivity index (χ1v) is 12.1. The van der Waals surface area contributed by atoms with Crippen LogP contribution in [0, 0.1) is 0 Å². The highest BCUT2D eigenvalue weighted by Crippen LogP contribution is 2.32. The molecule has 2 aromatic heterocycles. The number of aromatic amines is 1. The molecule has 4 aromatic rings. The fourth-order valence-corrected chi connectivity index (χ4v) is 4.84. The van der Waals surface area contributed by atoms with Crippen LogP contribution in [0.15, 0.2) is 70.7 Å². The minimum absolute atomic E-state index is 0.0200. The zero-order valence-electron chi connectivity index (χ0n) is 17.7. The standard InChI is InChI=1S/C23H21ClN4O4S/c1-2-9-32-20-8-5-18(24)11-21(20)33(30,31)19-6-3-15(4-7-19)12-26-23(29)17-10-16-14-27-28-22(16)25-13-17/h3-8,10-11,13-14H,2,9,12H2,1H3,(H,26,29)(H,25,27,28). The molecule has 4 rings (SSSR count). The number of rotatable bonds is 8. The normalized spacial score (nSPS) is 11.5. The van der Waals surface area contributed by atoms with Crippen LogP contribution in [-0.2, 0) is 16.4 Å². The molecule has 0 atom stereocenters. The van der Waals surface area contributed by atoms with E-state index in [1.165, 1.54) is 24.4 Å². The number of pyridine rings is 1. The van der Waals surface area contributed by atoms with Crippen molar-refractivity contribution in [2.24, 2.45) is 0 Å². The fourth-order valence-electron chi connectivity index (χ4n) is 3.18. The lowest BCUT2D eigenvalue weighted by atomic mass is 10.2. The summed E-state index contributed by atoms with van der Waals surface area (Å²) in [4.78, 5) is 16.7. The van der Waals surface area contributed by atoms with Crippen molar-refractivity contribution in [3.8, 4) is 5.75 Å². The lowest BCUT2D eigenvalue weighted by Gasteiger charge is -2.13. The Balaban J connectivity index is 1.48. The molecule has 8 nitrogen and oxygen atoms in total. The van der Waals surface area contributed by atoms with Crippen molar-refractivity contribution >= 4 is 38.4 Å². The Bertz CT molecular complexity index is 1400. The summed E-state index contributed by atoms with van der Waals surface area (Å²) in [5.41, 5.74) is 1.75. The summed E-state index contributed by atoms with van der Waals surface area (Å²) in [7, 11) is -3.84. The number of aromatic nitrogens is 3. The van der Waals surface area contributed by atoms with Crippen LogP contribution in [0.4, 0.5) is 0 Å². The molecular formula is C23H21ClN4O4S. The van der Waals surface area contributed by atoms with E-state index in [9.17, 15) is 13.2 Å². The fraction of sp³-hybridized carbons (Fsp3) is 0.174. The average Bonchev–Trinajstić information content (AvgIpc) is 3.30. The van der Waals surface area contributed by atoms with Crippen LogP contribution in [0.3, 0.4) is 0 Å². The van der Waals surface area contributed by atoms with E-state index in [0.29, 0.717) is 22.8 Å². The van der Waals surface area contributed by atoms with Crippen molar-refractivity contribution in [1.82, 2.24) is 20.5 Å². The molecule has 0 saturated heterocycles. The summed E-state index contributed by atoms with van der Waals surface area (Å²) in [5.74, 6) is -0.0280. The van der Waals surface area contributed by atoms with Gasteiger partial charge in [-0.05, 0) is 48.4 Å². The largest absolute Gasteiger partial charge is 0.492 e. The smallest absolute Gasteiger partial charge is 0.253 e. The van der Waals surface area contributed by atoms with Gasteiger partial charge in [-0.3, -0.25) is 9.89 Å². The molecule has 0 aliphatic heterocycles. The molecule has 0 aliphatic rings. The van der Waals surface area contributed by atoms with Gasteiger partial charge in [0.2, 0.25) is 9.84 Å². The number of sulfone groups is 1. The van der Waals surface area contributed by atoms with E-state index in [1.54, 1.807) is 36.5 Å². The average molecular weight is 485 g/mol. The van der Waals surface area contributed by atoms with Gasteiger partial charge in [-0.1, -0.05) is 30.7 Å². The molecule has 170 valence electrons. The second-order valence-corrected chi connectivity index (χ2v) is 9.66. The first-order valence-electron chi connectivity index (χ1n) is 10.2. The first kappa shape index (κ1) is 22.8. The van der Waals surface area contributed by atoms with Crippen LogP contribution in [0.5, 0.6) is 5.75 Å². The van der Waals surface area contributed by atoms with Gasteiger partial charge in [-0.2, -0.15) is 5.10 Å². The van der Waals surface area contributed by atoms with Gasteiger partial charge in [0.15, 0.2) is 5.65 Å². The number of H-pyrrole nitrogens is 1. The van der Waals surface area contributed by atoms with Gasteiger partial charge in [0, 0.05) is 23.2 Å². The van der Waals surface area contributed by atoms with Gasteiger partial charge in [-0.15, -0.1) is 0 Å². The van der Waals surface area contributed by atoms with Crippen LogP contribution >= 0.6 is 11.6 Å². The summed E-state index contributed by atoms with van der Waals surface area (Å²) >= 11 is 6.05. The monoisotopic (exact) mass is 484 g/mol. The number of nitrogens with zero attached hydrogens (tertiary/aromatic N) is 2. The van der Waals surface area contributed by atoms with Gasteiger partial charge in [0.1, 0.15) is 10.6 Å². The summed E-state index contributed by atoms with van der Waals surface area (Å²) in [6, 6.07) is 12.5. The van der Waals surface area contributed by atoms with E-state index in [1.807, 2.05) is 6.92 Å². The number of amides is 1. The zero-order chi connectivity index (χ0) is 23.4. The van der Waals surface area contributed by atoms with Crippen molar-refractivity contribution in [2.45, 2.75) is 29.7 Å². The molecule has 0 bridgehead atoms. The van der Waals surface area contributed by atoms with Crippen LogP contribution in [-0.4, -0.2) is 36.1 Å². The summed E-state index contributed by atoms with van der Waals surface area (Å²) in [6.07, 6.45) is 3.81. The van der Waals surface area contributed by atoms with Crippen LogP contribution in [0.1, 0.15) is 29.3 Å². The number of carbonyl (C=O) groups excluding carboxylic acids is 1. The quantitative estimate of drug-likeness (QED) is 0.388. The Labute approximate surface area is 195 Å².